The molecule has 0 spiro atoms. The van der Waals surface area contributed by atoms with E-state index >= 15 is 0 Å². The van der Waals surface area contributed by atoms with Gasteiger partial charge in [0.15, 0.2) is 5.82 Å². The first-order chi connectivity index (χ1) is 13.9. The fourth-order valence-electron chi connectivity index (χ4n) is 2.43. The number of ether oxygens (including phenoxy) is 1. The molecule has 150 valence electrons. The highest BCUT2D eigenvalue weighted by Gasteiger charge is 2.09. The summed E-state index contributed by atoms with van der Waals surface area (Å²) in [6, 6.07) is 13.3. The number of nitrogens with zero attached hydrogens (tertiary/aromatic N) is 2. The van der Waals surface area contributed by atoms with Crippen LogP contribution in [0.15, 0.2) is 65.3 Å². The molecule has 0 unspecified atom stereocenters. The van der Waals surface area contributed by atoms with E-state index in [1.165, 1.54) is 18.2 Å². The highest BCUT2D eigenvalue weighted by molar-refractivity contribution is 9.10. The van der Waals surface area contributed by atoms with Gasteiger partial charge in [-0.3, -0.25) is 9.48 Å². The average molecular weight is 483 g/mol. The first-order valence-electron chi connectivity index (χ1n) is 8.40. The fraction of sp³-hybridized carbons (Fsp3) is 0.100. The number of rotatable bonds is 7. The van der Waals surface area contributed by atoms with Gasteiger partial charge in [-0.15, -0.1) is 0 Å². The predicted octanol–water partition coefficient (Wildman–Crippen LogP) is 5.60. The molecule has 0 bridgehead atoms. The van der Waals surface area contributed by atoms with Gasteiger partial charge in [0.1, 0.15) is 5.75 Å². The van der Waals surface area contributed by atoms with E-state index in [0.717, 1.165) is 5.56 Å². The minimum absolute atomic E-state index is 0.0526. The molecule has 5 nitrogen and oxygen atoms in total. The molecule has 0 saturated heterocycles. The SMILES string of the molecule is O=C(/C=C\c1ccc(OC(F)F)cc1)Nc1nn(Cc2ccc(Cl)cc2)cc1Br. The minimum Gasteiger partial charge on any atom is -0.435 e. The lowest BCUT2D eigenvalue weighted by atomic mass is 10.2. The molecule has 0 aliphatic heterocycles. The van der Waals surface area contributed by atoms with Crippen LogP contribution in [0.25, 0.3) is 6.08 Å². The van der Waals surface area contributed by atoms with Crippen molar-refractivity contribution in [2.24, 2.45) is 0 Å². The first kappa shape index (κ1) is 21.0. The minimum atomic E-state index is -2.87. The quantitative estimate of drug-likeness (QED) is 0.446. The monoisotopic (exact) mass is 481 g/mol. The normalized spacial score (nSPS) is 11.2. The van der Waals surface area contributed by atoms with Gasteiger partial charge in [0, 0.05) is 17.3 Å². The lowest BCUT2D eigenvalue weighted by Crippen LogP contribution is -2.09. The Morgan fingerprint density at radius 2 is 1.90 bits per heavy atom. The van der Waals surface area contributed by atoms with Crippen molar-refractivity contribution in [2.75, 3.05) is 5.32 Å². The summed E-state index contributed by atoms with van der Waals surface area (Å²) < 4.78 is 30.9. The summed E-state index contributed by atoms with van der Waals surface area (Å²) in [5, 5.41) is 7.69. The van der Waals surface area contributed by atoms with Crippen molar-refractivity contribution in [2.45, 2.75) is 13.2 Å². The summed E-state index contributed by atoms with van der Waals surface area (Å²) >= 11 is 9.26. The van der Waals surface area contributed by atoms with Crippen LogP contribution in [0.2, 0.25) is 5.02 Å². The Balaban J connectivity index is 1.59. The fourth-order valence-corrected chi connectivity index (χ4v) is 2.97. The number of benzene rings is 2. The third kappa shape index (κ3) is 6.40. The second kappa shape index (κ2) is 9.67. The number of amides is 1. The van der Waals surface area contributed by atoms with E-state index in [1.54, 1.807) is 41.2 Å². The van der Waals surface area contributed by atoms with E-state index in [4.69, 9.17) is 11.6 Å². The number of alkyl halides is 2. The van der Waals surface area contributed by atoms with Gasteiger partial charge in [-0.25, -0.2) is 0 Å². The van der Waals surface area contributed by atoms with E-state index in [-0.39, 0.29) is 11.7 Å². The van der Waals surface area contributed by atoms with Crippen LogP contribution in [0.1, 0.15) is 11.1 Å². The molecular weight excluding hydrogens is 468 g/mol. The van der Waals surface area contributed by atoms with Crippen LogP contribution in [0.4, 0.5) is 14.6 Å². The van der Waals surface area contributed by atoms with E-state index < -0.39 is 6.61 Å². The summed E-state index contributed by atoms with van der Waals surface area (Å²) in [6.45, 7) is -2.35. The van der Waals surface area contributed by atoms with Gasteiger partial charge in [0.2, 0.25) is 5.91 Å². The molecule has 0 aliphatic rings. The number of carbonyl (C=O) groups excluding carboxylic acids is 1. The maximum atomic E-state index is 12.1. The van der Waals surface area contributed by atoms with Crippen molar-refractivity contribution in [3.63, 3.8) is 0 Å². The number of hydrogen-bond acceptors (Lipinski definition) is 3. The second-order valence-corrected chi connectivity index (χ2v) is 7.21. The van der Waals surface area contributed by atoms with Gasteiger partial charge in [-0.05, 0) is 57.4 Å². The highest BCUT2D eigenvalue weighted by Crippen LogP contribution is 2.21. The zero-order valence-corrected chi connectivity index (χ0v) is 17.2. The van der Waals surface area contributed by atoms with Gasteiger partial charge >= 0.3 is 6.61 Å². The van der Waals surface area contributed by atoms with Gasteiger partial charge in [0.05, 0.1) is 11.0 Å². The number of nitrogens with one attached hydrogen (secondary N) is 1. The highest BCUT2D eigenvalue weighted by atomic mass is 79.9. The number of anilines is 1. The molecule has 2 aromatic carbocycles. The van der Waals surface area contributed by atoms with E-state index in [9.17, 15) is 13.6 Å². The Morgan fingerprint density at radius 1 is 1.21 bits per heavy atom. The lowest BCUT2D eigenvalue weighted by molar-refractivity contribution is -0.111. The summed E-state index contributed by atoms with van der Waals surface area (Å²) in [6.07, 6.45) is 4.64. The van der Waals surface area contributed by atoms with Crippen molar-refractivity contribution >= 4 is 45.3 Å². The van der Waals surface area contributed by atoms with Crippen LogP contribution in [0.5, 0.6) is 5.75 Å². The Labute approximate surface area is 179 Å². The number of carbonyl (C=O) groups is 1. The van der Waals surface area contributed by atoms with Crippen molar-refractivity contribution < 1.29 is 18.3 Å². The van der Waals surface area contributed by atoms with Gasteiger partial charge in [-0.1, -0.05) is 35.9 Å². The zero-order valence-electron chi connectivity index (χ0n) is 14.9. The van der Waals surface area contributed by atoms with Gasteiger partial charge < -0.3 is 10.1 Å². The largest absolute Gasteiger partial charge is 0.435 e. The molecule has 0 fully saturated rings. The summed E-state index contributed by atoms with van der Waals surface area (Å²) in [5.41, 5.74) is 1.68. The number of aromatic nitrogens is 2. The molecule has 0 aliphatic carbocycles. The molecule has 1 amide bonds. The third-order valence-corrected chi connectivity index (χ3v) is 4.58. The van der Waals surface area contributed by atoms with Crippen molar-refractivity contribution in [3.05, 3.63) is 81.4 Å². The zero-order chi connectivity index (χ0) is 20.8. The summed E-state index contributed by atoms with van der Waals surface area (Å²) in [5.74, 6) is 0.0569. The van der Waals surface area contributed by atoms with Crippen molar-refractivity contribution in [1.82, 2.24) is 9.78 Å². The third-order valence-electron chi connectivity index (χ3n) is 3.75. The van der Waals surface area contributed by atoms with Crippen molar-refractivity contribution in [1.29, 1.82) is 0 Å². The maximum absolute atomic E-state index is 12.1. The Bertz CT molecular complexity index is 1010. The molecule has 1 heterocycles. The van der Waals surface area contributed by atoms with Crippen LogP contribution >= 0.6 is 27.5 Å². The van der Waals surface area contributed by atoms with Crippen LogP contribution in [0, 0.1) is 0 Å². The molecule has 0 atom stereocenters. The number of hydrogen-bond donors (Lipinski definition) is 1. The van der Waals surface area contributed by atoms with Gasteiger partial charge in [0.25, 0.3) is 0 Å². The van der Waals surface area contributed by atoms with Crippen LogP contribution in [-0.4, -0.2) is 22.3 Å². The molecule has 9 heteroatoms. The average Bonchev–Trinajstić information content (AvgIpc) is 3.01. The molecule has 1 N–H and O–H groups in total. The van der Waals surface area contributed by atoms with Crippen LogP contribution in [0.3, 0.4) is 0 Å². The lowest BCUT2D eigenvalue weighted by Gasteiger charge is -2.04. The Kier molecular flexibility index (Phi) is 7.00. The standard InChI is InChI=1S/C20H15BrClF2N3O2/c21-17-12-27(11-14-1-6-15(22)7-2-14)26-19(17)25-18(28)10-5-13-3-8-16(9-4-13)29-20(23)24/h1-10,12,20H,11H2,(H,25,26,28)/b10-5-. The Morgan fingerprint density at radius 3 is 2.55 bits per heavy atom. The number of halogens is 4. The molecule has 0 radical (unpaired) electrons. The van der Waals surface area contributed by atoms with Crippen molar-refractivity contribution in [3.8, 4) is 5.75 Å². The van der Waals surface area contributed by atoms with E-state index in [1.807, 2.05) is 12.1 Å². The molecular formula is C20H15BrClF2N3O2. The Hall–Kier alpha value is -2.71. The molecule has 3 aromatic rings. The molecule has 1 aromatic heterocycles. The first-order valence-corrected chi connectivity index (χ1v) is 9.57. The van der Waals surface area contributed by atoms with E-state index in [0.29, 0.717) is 27.4 Å². The smallest absolute Gasteiger partial charge is 0.387 e. The van der Waals surface area contributed by atoms with Gasteiger partial charge in [-0.2, -0.15) is 13.9 Å². The summed E-state index contributed by atoms with van der Waals surface area (Å²) in [7, 11) is 0. The van der Waals surface area contributed by atoms with Crippen LogP contribution < -0.4 is 10.1 Å². The molecule has 29 heavy (non-hydrogen) atoms. The molecule has 0 saturated carbocycles. The molecule has 3 rings (SSSR count). The van der Waals surface area contributed by atoms with E-state index in [2.05, 4.69) is 31.1 Å². The second-order valence-electron chi connectivity index (χ2n) is 5.92. The van der Waals surface area contributed by atoms with Crippen LogP contribution in [-0.2, 0) is 11.3 Å². The topological polar surface area (TPSA) is 56.1 Å². The maximum Gasteiger partial charge on any atom is 0.387 e. The predicted molar refractivity (Wildman–Crippen MR) is 111 cm³/mol. The summed E-state index contributed by atoms with van der Waals surface area (Å²) in [4.78, 5) is 12.1.